The molecule has 0 fully saturated rings. The predicted octanol–water partition coefficient (Wildman–Crippen LogP) is 8.38. The Balaban J connectivity index is 1.37. The molecule has 8 nitrogen and oxygen atoms in total. The summed E-state index contributed by atoms with van der Waals surface area (Å²) in [6.07, 6.45) is 6.69. The van der Waals surface area contributed by atoms with Gasteiger partial charge < -0.3 is 24.2 Å². The van der Waals surface area contributed by atoms with Crippen molar-refractivity contribution in [3.8, 4) is 22.6 Å². The highest BCUT2D eigenvalue weighted by Gasteiger charge is 2.11. The molecule has 0 aliphatic rings. The number of nitrogens with zero attached hydrogens (tertiary/aromatic N) is 3. The van der Waals surface area contributed by atoms with E-state index in [9.17, 15) is 13.8 Å². The Hall–Kier alpha value is -4.19. The SMILES string of the molecule is CCCCOCCOc1ccc(-c2ccc(ON(F)F)c(/C=C/C(=O)Nc3ccc(SCc4c(C)ncn4CC)cc3)c2)cc1. The molecule has 1 N–H and O–H groups in total. The average Bonchev–Trinajstić information content (AvgIpc) is 3.41. The van der Waals surface area contributed by atoms with Gasteiger partial charge in [0.1, 0.15) is 12.4 Å². The van der Waals surface area contributed by atoms with Crippen LogP contribution in [0.4, 0.5) is 14.6 Å². The molecule has 45 heavy (non-hydrogen) atoms. The number of carbonyl (C=O) groups excluding carboxylic acids is 1. The molecule has 0 saturated heterocycles. The molecule has 1 heterocycles. The number of aromatic nitrogens is 2. The van der Waals surface area contributed by atoms with Crippen LogP contribution in [0.1, 0.15) is 43.6 Å². The standard InChI is InChI=1S/C34H38F2N4O4S/c1-4-6-19-42-20-21-43-30-13-7-26(8-14-30)27-9-17-33(44-40(35)36)28(22-27)10-18-34(41)38-29-11-15-31(16-12-29)45-23-32-25(3)37-24-39(32)5-2/h7-18,22,24H,4-6,19-21,23H2,1-3H3,(H,38,41)/b18-10+. The third-order valence-corrected chi connectivity index (χ3v) is 7.93. The number of anilines is 1. The third kappa shape index (κ3) is 10.4. The van der Waals surface area contributed by atoms with Crippen molar-refractivity contribution in [2.24, 2.45) is 0 Å². The van der Waals surface area contributed by atoms with E-state index in [-0.39, 0.29) is 5.75 Å². The van der Waals surface area contributed by atoms with Crippen molar-refractivity contribution in [2.45, 2.75) is 50.8 Å². The zero-order valence-corrected chi connectivity index (χ0v) is 26.5. The van der Waals surface area contributed by atoms with E-state index in [1.54, 1.807) is 23.9 Å². The molecular formula is C34H38F2N4O4S. The first-order valence-corrected chi connectivity index (χ1v) is 15.8. The van der Waals surface area contributed by atoms with E-state index in [1.807, 2.05) is 61.8 Å². The summed E-state index contributed by atoms with van der Waals surface area (Å²) < 4.78 is 39.3. The van der Waals surface area contributed by atoms with E-state index in [0.29, 0.717) is 30.2 Å². The number of unbranched alkanes of at least 4 members (excludes halogenated alkanes) is 1. The van der Waals surface area contributed by atoms with Crippen LogP contribution in [-0.4, -0.2) is 40.8 Å². The largest absolute Gasteiger partial charge is 0.491 e. The maximum Gasteiger partial charge on any atom is 0.248 e. The molecule has 0 radical (unpaired) electrons. The molecule has 11 heteroatoms. The summed E-state index contributed by atoms with van der Waals surface area (Å²) in [6.45, 7) is 8.76. The van der Waals surface area contributed by atoms with Crippen LogP contribution < -0.4 is 14.9 Å². The van der Waals surface area contributed by atoms with E-state index < -0.39 is 11.4 Å². The van der Waals surface area contributed by atoms with Gasteiger partial charge in [-0.1, -0.05) is 40.5 Å². The zero-order valence-electron chi connectivity index (χ0n) is 25.7. The van der Waals surface area contributed by atoms with E-state index in [0.717, 1.165) is 53.5 Å². The lowest BCUT2D eigenvalue weighted by atomic mass is 10.0. The van der Waals surface area contributed by atoms with Gasteiger partial charge in [-0.15, -0.1) is 11.8 Å². The highest BCUT2D eigenvalue weighted by molar-refractivity contribution is 7.98. The van der Waals surface area contributed by atoms with Gasteiger partial charge in [-0.25, -0.2) is 4.98 Å². The fraction of sp³-hybridized carbons (Fsp3) is 0.294. The number of rotatable bonds is 17. The van der Waals surface area contributed by atoms with Crippen molar-refractivity contribution < 1.29 is 28.1 Å². The van der Waals surface area contributed by atoms with Crippen LogP contribution in [0.3, 0.4) is 0 Å². The minimum absolute atomic E-state index is 0.100. The smallest absolute Gasteiger partial charge is 0.248 e. The van der Waals surface area contributed by atoms with Gasteiger partial charge in [-0.05, 0) is 86.0 Å². The summed E-state index contributed by atoms with van der Waals surface area (Å²) in [6, 6.07) is 19.7. The van der Waals surface area contributed by atoms with Gasteiger partial charge in [0.15, 0.2) is 5.75 Å². The molecule has 0 aliphatic heterocycles. The summed E-state index contributed by atoms with van der Waals surface area (Å²) >= 11 is 1.69. The highest BCUT2D eigenvalue weighted by atomic mass is 32.2. The van der Waals surface area contributed by atoms with Gasteiger partial charge in [0.05, 0.1) is 24.3 Å². The Kier molecular flexibility index (Phi) is 13.0. The molecule has 0 aliphatic carbocycles. The molecule has 4 rings (SSSR count). The first-order chi connectivity index (χ1) is 21.9. The second-order valence-corrected chi connectivity index (χ2v) is 11.1. The number of thioether (sulfide) groups is 1. The first-order valence-electron chi connectivity index (χ1n) is 14.8. The summed E-state index contributed by atoms with van der Waals surface area (Å²) in [7, 11) is 0. The second-order valence-electron chi connectivity index (χ2n) is 10.1. The number of ether oxygens (including phenoxy) is 2. The molecule has 3 aromatic carbocycles. The number of aryl methyl sites for hydroxylation is 2. The van der Waals surface area contributed by atoms with Gasteiger partial charge in [-0.3, -0.25) is 4.79 Å². The fourth-order valence-electron chi connectivity index (χ4n) is 4.43. The van der Waals surface area contributed by atoms with Gasteiger partial charge in [0, 0.05) is 41.1 Å². The molecule has 0 atom stereocenters. The monoisotopic (exact) mass is 636 g/mol. The minimum atomic E-state index is -1.37. The van der Waals surface area contributed by atoms with E-state index >= 15 is 0 Å². The Morgan fingerprint density at radius 2 is 1.76 bits per heavy atom. The number of imidazole rings is 1. The molecule has 0 saturated carbocycles. The maximum atomic E-state index is 12.9. The summed E-state index contributed by atoms with van der Waals surface area (Å²) in [4.78, 5) is 22.7. The second kappa shape index (κ2) is 17.3. The fourth-order valence-corrected chi connectivity index (χ4v) is 5.44. The lowest BCUT2D eigenvalue weighted by Gasteiger charge is -2.11. The van der Waals surface area contributed by atoms with Crippen LogP contribution in [-0.2, 0) is 21.8 Å². The zero-order chi connectivity index (χ0) is 32.0. The predicted molar refractivity (Wildman–Crippen MR) is 174 cm³/mol. The van der Waals surface area contributed by atoms with Crippen molar-refractivity contribution >= 4 is 29.4 Å². The van der Waals surface area contributed by atoms with Crippen LogP contribution in [0.5, 0.6) is 11.5 Å². The van der Waals surface area contributed by atoms with Gasteiger partial charge in [0.2, 0.25) is 11.4 Å². The lowest BCUT2D eigenvalue weighted by Crippen LogP contribution is -2.08. The van der Waals surface area contributed by atoms with Crippen LogP contribution >= 0.6 is 11.8 Å². The average molecular weight is 637 g/mol. The topological polar surface area (TPSA) is 77.8 Å². The molecule has 1 amide bonds. The van der Waals surface area contributed by atoms with Crippen LogP contribution in [0.15, 0.2) is 84.0 Å². The highest BCUT2D eigenvalue weighted by Crippen LogP contribution is 2.30. The number of nitrogens with one attached hydrogen (secondary N) is 1. The van der Waals surface area contributed by atoms with Crippen LogP contribution in [0, 0.1) is 6.92 Å². The minimum Gasteiger partial charge on any atom is -0.491 e. The molecule has 238 valence electrons. The summed E-state index contributed by atoms with van der Waals surface area (Å²) in [5.74, 6) is 0.980. The van der Waals surface area contributed by atoms with Crippen molar-refractivity contribution in [1.82, 2.24) is 15.1 Å². The number of hydrogen-bond donors (Lipinski definition) is 1. The van der Waals surface area contributed by atoms with Crippen molar-refractivity contribution in [1.29, 1.82) is 0 Å². The number of carbonyl (C=O) groups is 1. The van der Waals surface area contributed by atoms with E-state index in [1.165, 1.54) is 23.9 Å². The summed E-state index contributed by atoms with van der Waals surface area (Å²) in [5.41, 5.74) is 3.35. The Morgan fingerprint density at radius 3 is 2.47 bits per heavy atom. The Morgan fingerprint density at radius 1 is 1.00 bits per heavy atom. The number of halogens is 2. The van der Waals surface area contributed by atoms with E-state index in [4.69, 9.17) is 9.47 Å². The Bertz CT molecular complexity index is 1540. The lowest BCUT2D eigenvalue weighted by molar-refractivity contribution is -0.337. The van der Waals surface area contributed by atoms with Gasteiger partial charge >= 0.3 is 0 Å². The normalized spacial score (nSPS) is 11.3. The van der Waals surface area contributed by atoms with Gasteiger partial charge in [0.25, 0.3) is 0 Å². The first kappa shape index (κ1) is 33.7. The van der Waals surface area contributed by atoms with Crippen LogP contribution in [0.2, 0.25) is 0 Å². The number of benzene rings is 3. The number of hydrogen-bond acceptors (Lipinski definition) is 7. The quantitative estimate of drug-likeness (QED) is 0.0410. The Labute approximate surface area is 266 Å². The molecule has 0 unspecified atom stereocenters. The maximum absolute atomic E-state index is 12.9. The third-order valence-electron chi connectivity index (χ3n) is 6.91. The molecule has 1 aromatic heterocycles. The summed E-state index contributed by atoms with van der Waals surface area (Å²) in [5, 5.41) is 2.81. The molecule has 0 spiro atoms. The van der Waals surface area contributed by atoms with Crippen LogP contribution in [0.25, 0.3) is 17.2 Å². The van der Waals surface area contributed by atoms with E-state index in [2.05, 4.69) is 33.6 Å². The van der Waals surface area contributed by atoms with Crippen molar-refractivity contribution in [2.75, 3.05) is 25.1 Å². The van der Waals surface area contributed by atoms with Gasteiger partial charge in [-0.2, -0.15) is 0 Å². The molecular weight excluding hydrogens is 598 g/mol. The molecule has 4 aromatic rings. The molecule has 0 bridgehead atoms. The number of amides is 1. The van der Waals surface area contributed by atoms with Crippen molar-refractivity contribution in [3.63, 3.8) is 0 Å². The van der Waals surface area contributed by atoms with Crippen molar-refractivity contribution in [3.05, 3.63) is 96.1 Å².